The van der Waals surface area contributed by atoms with E-state index in [0.29, 0.717) is 24.1 Å². The van der Waals surface area contributed by atoms with Gasteiger partial charge in [-0.3, -0.25) is 0 Å². The lowest BCUT2D eigenvalue weighted by atomic mass is 10.1. The van der Waals surface area contributed by atoms with Crippen molar-refractivity contribution in [1.82, 2.24) is 20.3 Å². The fourth-order valence-corrected chi connectivity index (χ4v) is 1.82. The summed E-state index contributed by atoms with van der Waals surface area (Å²) >= 11 is 1.50. The SMILES string of the molecule is CCC(C)Cc1nc(Cc2nncs2)no1. The second-order valence-corrected chi connectivity index (χ2v) is 4.75. The molecule has 2 aromatic rings. The van der Waals surface area contributed by atoms with Crippen molar-refractivity contribution in [2.45, 2.75) is 33.1 Å². The van der Waals surface area contributed by atoms with E-state index >= 15 is 0 Å². The normalized spacial score (nSPS) is 12.9. The second kappa shape index (κ2) is 5.16. The summed E-state index contributed by atoms with van der Waals surface area (Å²) < 4.78 is 5.18. The fourth-order valence-electron chi connectivity index (χ4n) is 1.30. The molecule has 0 spiro atoms. The lowest BCUT2D eigenvalue weighted by Crippen LogP contribution is -1.98. The minimum atomic E-state index is 0.579. The molecule has 1 unspecified atom stereocenters. The molecule has 0 aliphatic heterocycles. The number of nitrogens with zero attached hydrogens (tertiary/aromatic N) is 4. The van der Waals surface area contributed by atoms with E-state index in [1.54, 1.807) is 5.51 Å². The minimum absolute atomic E-state index is 0.579. The maximum absolute atomic E-state index is 5.18. The Labute approximate surface area is 97.9 Å². The van der Waals surface area contributed by atoms with Crippen LogP contribution in [0.25, 0.3) is 0 Å². The van der Waals surface area contributed by atoms with Crippen LogP contribution in [-0.2, 0) is 12.8 Å². The fraction of sp³-hybridized carbons (Fsp3) is 0.600. The van der Waals surface area contributed by atoms with Gasteiger partial charge in [0.05, 0.1) is 6.42 Å². The Bertz CT molecular complexity index is 426. The molecule has 0 saturated heterocycles. The van der Waals surface area contributed by atoms with Gasteiger partial charge in [-0.1, -0.05) is 25.4 Å². The van der Waals surface area contributed by atoms with Gasteiger partial charge in [0.15, 0.2) is 5.82 Å². The molecule has 2 rings (SSSR count). The van der Waals surface area contributed by atoms with E-state index < -0.39 is 0 Å². The summed E-state index contributed by atoms with van der Waals surface area (Å²) in [6.07, 6.45) is 2.57. The first kappa shape index (κ1) is 11.2. The molecule has 0 aliphatic rings. The van der Waals surface area contributed by atoms with E-state index in [0.717, 1.165) is 17.8 Å². The highest BCUT2D eigenvalue weighted by molar-refractivity contribution is 7.09. The average molecular weight is 238 g/mol. The Hall–Kier alpha value is -1.30. The van der Waals surface area contributed by atoms with E-state index in [-0.39, 0.29) is 0 Å². The van der Waals surface area contributed by atoms with Gasteiger partial charge in [0.25, 0.3) is 0 Å². The van der Waals surface area contributed by atoms with Crippen molar-refractivity contribution in [3.63, 3.8) is 0 Å². The van der Waals surface area contributed by atoms with Crippen LogP contribution in [-0.4, -0.2) is 20.3 Å². The van der Waals surface area contributed by atoms with E-state index in [2.05, 4.69) is 34.2 Å². The van der Waals surface area contributed by atoms with Crippen LogP contribution in [0.5, 0.6) is 0 Å². The Morgan fingerprint density at radius 2 is 2.38 bits per heavy atom. The summed E-state index contributed by atoms with van der Waals surface area (Å²) in [5.41, 5.74) is 1.70. The van der Waals surface area contributed by atoms with Crippen molar-refractivity contribution < 1.29 is 4.52 Å². The van der Waals surface area contributed by atoms with Crippen LogP contribution in [0.2, 0.25) is 0 Å². The Morgan fingerprint density at radius 3 is 3.06 bits per heavy atom. The van der Waals surface area contributed by atoms with Crippen LogP contribution >= 0.6 is 11.3 Å². The number of aromatic nitrogens is 4. The topological polar surface area (TPSA) is 64.7 Å². The van der Waals surface area contributed by atoms with E-state index in [4.69, 9.17) is 4.52 Å². The highest BCUT2D eigenvalue weighted by Gasteiger charge is 2.11. The van der Waals surface area contributed by atoms with Gasteiger partial charge in [-0.15, -0.1) is 21.5 Å². The van der Waals surface area contributed by atoms with Crippen molar-refractivity contribution in [1.29, 1.82) is 0 Å². The molecule has 0 amide bonds. The van der Waals surface area contributed by atoms with Crippen molar-refractivity contribution in [2.24, 2.45) is 5.92 Å². The van der Waals surface area contributed by atoms with Crippen LogP contribution in [0, 0.1) is 5.92 Å². The van der Waals surface area contributed by atoms with Crippen LogP contribution in [0.3, 0.4) is 0 Å². The maximum Gasteiger partial charge on any atom is 0.226 e. The maximum atomic E-state index is 5.18. The third kappa shape index (κ3) is 2.85. The molecule has 1 atom stereocenters. The van der Waals surface area contributed by atoms with Crippen LogP contribution < -0.4 is 0 Å². The van der Waals surface area contributed by atoms with Crippen LogP contribution in [0.1, 0.15) is 37.0 Å². The first-order valence-corrected chi connectivity index (χ1v) is 6.22. The molecule has 0 N–H and O–H groups in total. The lowest BCUT2D eigenvalue weighted by molar-refractivity contribution is 0.352. The van der Waals surface area contributed by atoms with Crippen LogP contribution in [0.15, 0.2) is 10.0 Å². The molecular formula is C10H14N4OS. The quantitative estimate of drug-likeness (QED) is 0.798. The molecule has 6 heteroatoms. The Balaban J connectivity index is 1.97. The zero-order chi connectivity index (χ0) is 11.4. The molecule has 16 heavy (non-hydrogen) atoms. The van der Waals surface area contributed by atoms with E-state index in [1.165, 1.54) is 11.3 Å². The van der Waals surface area contributed by atoms with Gasteiger partial charge in [0.1, 0.15) is 10.5 Å². The highest BCUT2D eigenvalue weighted by atomic mass is 32.1. The summed E-state index contributed by atoms with van der Waals surface area (Å²) in [6.45, 7) is 4.33. The molecule has 0 radical (unpaired) electrons. The number of rotatable bonds is 5. The summed E-state index contributed by atoms with van der Waals surface area (Å²) in [7, 11) is 0. The van der Waals surface area contributed by atoms with Crippen LogP contribution in [0.4, 0.5) is 0 Å². The number of hydrogen-bond acceptors (Lipinski definition) is 6. The minimum Gasteiger partial charge on any atom is -0.339 e. The highest BCUT2D eigenvalue weighted by Crippen LogP contribution is 2.12. The summed E-state index contributed by atoms with van der Waals surface area (Å²) in [6, 6.07) is 0. The van der Waals surface area contributed by atoms with Gasteiger partial charge < -0.3 is 4.52 Å². The number of hydrogen-bond donors (Lipinski definition) is 0. The second-order valence-electron chi connectivity index (χ2n) is 3.83. The van der Waals surface area contributed by atoms with Crippen molar-refractivity contribution >= 4 is 11.3 Å². The van der Waals surface area contributed by atoms with E-state index in [9.17, 15) is 0 Å². The van der Waals surface area contributed by atoms with Gasteiger partial charge in [-0.05, 0) is 5.92 Å². The molecule has 5 nitrogen and oxygen atoms in total. The third-order valence-electron chi connectivity index (χ3n) is 2.44. The van der Waals surface area contributed by atoms with Gasteiger partial charge in [0, 0.05) is 6.42 Å². The van der Waals surface area contributed by atoms with Crippen molar-refractivity contribution in [3.8, 4) is 0 Å². The molecule has 0 aromatic carbocycles. The summed E-state index contributed by atoms with van der Waals surface area (Å²) in [5.74, 6) is 1.98. The summed E-state index contributed by atoms with van der Waals surface area (Å²) in [5, 5.41) is 12.6. The third-order valence-corrected chi connectivity index (χ3v) is 3.14. The molecule has 0 bridgehead atoms. The van der Waals surface area contributed by atoms with Gasteiger partial charge in [-0.2, -0.15) is 4.98 Å². The monoisotopic (exact) mass is 238 g/mol. The molecule has 86 valence electrons. The first-order chi connectivity index (χ1) is 7.78. The van der Waals surface area contributed by atoms with E-state index in [1.807, 2.05) is 0 Å². The standard InChI is InChI=1S/C10H14N4OS/c1-3-7(2)4-9-12-8(14-15-9)5-10-13-11-6-16-10/h6-7H,3-5H2,1-2H3. The van der Waals surface area contributed by atoms with Crippen molar-refractivity contribution in [3.05, 3.63) is 22.2 Å². The molecule has 2 heterocycles. The summed E-state index contributed by atoms with van der Waals surface area (Å²) in [4.78, 5) is 4.33. The zero-order valence-electron chi connectivity index (χ0n) is 9.38. The smallest absolute Gasteiger partial charge is 0.226 e. The molecule has 0 saturated carbocycles. The Kier molecular flexibility index (Phi) is 3.61. The predicted molar refractivity (Wildman–Crippen MR) is 60.2 cm³/mol. The largest absolute Gasteiger partial charge is 0.339 e. The molecule has 0 fully saturated rings. The molecule has 0 aliphatic carbocycles. The van der Waals surface area contributed by atoms with Gasteiger partial charge in [-0.25, -0.2) is 0 Å². The predicted octanol–water partition coefficient (Wildman–Crippen LogP) is 2.10. The lowest BCUT2D eigenvalue weighted by Gasteiger charge is -2.01. The Morgan fingerprint density at radius 1 is 1.50 bits per heavy atom. The molecular weight excluding hydrogens is 224 g/mol. The first-order valence-electron chi connectivity index (χ1n) is 5.34. The zero-order valence-corrected chi connectivity index (χ0v) is 10.2. The van der Waals surface area contributed by atoms with Crippen molar-refractivity contribution in [2.75, 3.05) is 0 Å². The molecule has 2 aromatic heterocycles. The van der Waals surface area contributed by atoms with Gasteiger partial charge in [0.2, 0.25) is 5.89 Å². The average Bonchev–Trinajstić information content (AvgIpc) is 2.91. The van der Waals surface area contributed by atoms with Gasteiger partial charge >= 0.3 is 0 Å².